The molecule has 0 aliphatic rings. The summed E-state index contributed by atoms with van der Waals surface area (Å²) in [5.41, 5.74) is 3.74. The molecular formula is C18H14N6O. The van der Waals surface area contributed by atoms with Gasteiger partial charge in [-0.1, -0.05) is 30.3 Å². The molecule has 0 radical (unpaired) electrons. The third-order valence-corrected chi connectivity index (χ3v) is 3.61. The molecule has 0 aliphatic heterocycles. The number of anilines is 2. The highest BCUT2D eigenvalue weighted by molar-refractivity contribution is 6.00. The first-order chi connectivity index (χ1) is 12.3. The van der Waals surface area contributed by atoms with Crippen LogP contribution in [0.1, 0.15) is 0 Å². The summed E-state index contributed by atoms with van der Waals surface area (Å²) in [6.07, 6.45) is 1.55. The molecule has 7 heteroatoms. The average molecular weight is 330 g/mol. The molecule has 2 aromatic carbocycles. The third kappa shape index (κ3) is 3.30. The molecule has 0 atom stereocenters. The van der Waals surface area contributed by atoms with Crippen LogP contribution in [0.15, 0.2) is 73.1 Å². The lowest BCUT2D eigenvalue weighted by atomic mass is 10.1. The van der Waals surface area contributed by atoms with Gasteiger partial charge in [-0.3, -0.25) is 0 Å². The first kappa shape index (κ1) is 14.8. The van der Waals surface area contributed by atoms with E-state index in [1.54, 1.807) is 10.8 Å². The van der Waals surface area contributed by atoms with Crippen LogP contribution in [0.5, 0.6) is 0 Å². The molecule has 2 N–H and O–H groups in total. The summed E-state index contributed by atoms with van der Waals surface area (Å²) >= 11 is 0. The molecule has 122 valence electrons. The van der Waals surface area contributed by atoms with Crippen LogP contribution in [0, 0.1) is 0 Å². The highest BCUT2D eigenvalue weighted by Gasteiger charge is 2.06. The number of nitrogens with zero attached hydrogens (tertiary/aromatic N) is 4. The Labute approximate surface area is 143 Å². The van der Waals surface area contributed by atoms with E-state index in [9.17, 15) is 4.79 Å². The maximum Gasteiger partial charge on any atom is 0.323 e. The van der Waals surface area contributed by atoms with E-state index >= 15 is 0 Å². The van der Waals surface area contributed by atoms with Crippen molar-refractivity contribution in [3.8, 4) is 11.3 Å². The summed E-state index contributed by atoms with van der Waals surface area (Å²) in [6.45, 7) is 0. The van der Waals surface area contributed by atoms with Crippen LogP contribution in [0.2, 0.25) is 0 Å². The number of carbonyl (C=O) groups excluding carboxylic acids is 1. The SMILES string of the molecule is O=C(Nc1ccccc1)Nc1cccc(-c2ccc3nncn3n2)c1. The van der Waals surface area contributed by atoms with Gasteiger partial charge in [0.1, 0.15) is 6.33 Å². The molecule has 7 nitrogen and oxygen atoms in total. The fourth-order valence-corrected chi connectivity index (χ4v) is 2.45. The van der Waals surface area contributed by atoms with Crippen LogP contribution < -0.4 is 10.6 Å². The number of hydrogen-bond acceptors (Lipinski definition) is 4. The Morgan fingerprint density at radius 2 is 1.68 bits per heavy atom. The monoisotopic (exact) mass is 330 g/mol. The van der Waals surface area contributed by atoms with Crippen LogP contribution >= 0.6 is 0 Å². The fourth-order valence-electron chi connectivity index (χ4n) is 2.45. The van der Waals surface area contributed by atoms with Gasteiger partial charge < -0.3 is 10.6 Å². The molecule has 0 fully saturated rings. The van der Waals surface area contributed by atoms with Crippen molar-refractivity contribution < 1.29 is 4.79 Å². The molecule has 0 spiro atoms. The molecule has 0 bridgehead atoms. The zero-order chi connectivity index (χ0) is 17.1. The summed E-state index contributed by atoms with van der Waals surface area (Å²) in [7, 11) is 0. The molecular weight excluding hydrogens is 316 g/mol. The van der Waals surface area contributed by atoms with Crippen molar-refractivity contribution in [1.82, 2.24) is 19.8 Å². The van der Waals surface area contributed by atoms with Crippen molar-refractivity contribution in [2.24, 2.45) is 0 Å². The normalized spacial score (nSPS) is 10.6. The van der Waals surface area contributed by atoms with Crippen LogP contribution in [-0.4, -0.2) is 25.8 Å². The van der Waals surface area contributed by atoms with Gasteiger partial charge in [-0.2, -0.15) is 9.61 Å². The van der Waals surface area contributed by atoms with E-state index in [4.69, 9.17) is 0 Å². The van der Waals surface area contributed by atoms with E-state index in [2.05, 4.69) is 25.9 Å². The van der Waals surface area contributed by atoms with Crippen molar-refractivity contribution >= 4 is 23.1 Å². The van der Waals surface area contributed by atoms with Crippen LogP contribution in [0.4, 0.5) is 16.2 Å². The lowest BCUT2D eigenvalue weighted by Crippen LogP contribution is -2.19. The summed E-state index contributed by atoms with van der Waals surface area (Å²) < 4.78 is 1.61. The van der Waals surface area contributed by atoms with Gasteiger partial charge in [0.15, 0.2) is 5.65 Å². The number of nitrogens with one attached hydrogen (secondary N) is 2. The van der Waals surface area contributed by atoms with Gasteiger partial charge in [0, 0.05) is 16.9 Å². The van der Waals surface area contributed by atoms with E-state index < -0.39 is 0 Å². The first-order valence-electron chi connectivity index (χ1n) is 7.68. The van der Waals surface area contributed by atoms with E-state index in [0.717, 1.165) is 16.9 Å². The Balaban J connectivity index is 1.53. The van der Waals surface area contributed by atoms with E-state index in [-0.39, 0.29) is 6.03 Å². The first-order valence-corrected chi connectivity index (χ1v) is 7.68. The van der Waals surface area contributed by atoms with Crippen molar-refractivity contribution in [2.45, 2.75) is 0 Å². The smallest absolute Gasteiger partial charge is 0.308 e. The quantitative estimate of drug-likeness (QED) is 0.603. The van der Waals surface area contributed by atoms with E-state index in [0.29, 0.717) is 11.3 Å². The standard InChI is InChI=1S/C18H14N6O/c25-18(20-14-6-2-1-3-7-14)21-15-8-4-5-13(11-15)16-9-10-17-22-19-12-24(17)23-16/h1-12H,(H2,20,21,25). The molecule has 2 heterocycles. The average Bonchev–Trinajstić information content (AvgIpc) is 3.10. The minimum atomic E-state index is -0.300. The zero-order valence-electron chi connectivity index (χ0n) is 13.1. The predicted molar refractivity (Wildman–Crippen MR) is 95.3 cm³/mol. The van der Waals surface area contributed by atoms with Crippen molar-refractivity contribution in [1.29, 1.82) is 0 Å². The highest BCUT2D eigenvalue weighted by atomic mass is 16.2. The fraction of sp³-hybridized carbons (Fsp3) is 0. The summed E-state index contributed by atoms with van der Waals surface area (Å²) in [5.74, 6) is 0. The van der Waals surface area contributed by atoms with Crippen molar-refractivity contribution in [3.63, 3.8) is 0 Å². The molecule has 2 aromatic heterocycles. The van der Waals surface area contributed by atoms with Gasteiger partial charge >= 0.3 is 6.03 Å². The molecule has 25 heavy (non-hydrogen) atoms. The second-order valence-electron chi connectivity index (χ2n) is 5.38. The highest BCUT2D eigenvalue weighted by Crippen LogP contribution is 2.21. The number of hydrogen-bond donors (Lipinski definition) is 2. The lowest BCUT2D eigenvalue weighted by Gasteiger charge is -2.09. The predicted octanol–water partition coefficient (Wildman–Crippen LogP) is 3.44. The number of amides is 2. The number of fused-ring (bicyclic) bond motifs is 1. The van der Waals surface area contributed by atoms with Crippen LogP contribution in [0.25, 0.3) is 16.9 Å². The molecule has 0 saturated heterocycles. The largest absolute Gasteiger partial charge is 0.323 e. The number of rotatable bonds is 3. The molecule has 0 aliphatic carbocycles. The number of aromatic nitrogens is 4. The Kier molecular flexibility index (Phi) is 3.80. The van der Waals surface area contributed by atoms with E-state index in [1.807, 2.05) is 66.7 Å². The number of urea groups is 1. The van der Waals surface area contributed by atoms with Gasteiger partial charge in [-0.15, -0.1) is 10.2 Å². The Morgan fingerprint density at radius 1 is 0.880 bits per heavy atom. The van der Waals surface area contributed by atoms with Crippen LogP contribution in [0.3, 0.4) is 0 Å². The molecule has 2 amide bonds. The number of benzene rings is 2. The van der Waals surface area contributed by atoms with Gasteiger partial charge in [-0.05, 0) is 36.4 Å². The van der Waals surface area contributed by atoms with Gasteiger partial charge in [0.25, 0.3) is 0 Å². The molecule has 4 rings (SSSR count). The second kappa shape index (κ2) is 6.40. The number of carbonyl (C=O) groups is 1. The zero-order valence-corrected chi connectivity index (χ0v) is 13.1. The van der Waals surface area contributed by atoms with Crippen molar-refractivity contribution in [2.75, 3.05) is 10.6 Å². The molecule has 4 aromatic rings. The maximum atomic E-state index is 12.1. The Morgan fingerprint density at radius 3 is 2.56 bits per heavy atom. The van der Waals surface area contributed by atoms with Crippen molar-refractivity contribution in [3.05, 3.63) is 73.1 Å². The third-order valence-electron chi connectivity index (χ3n) is 3.61. The van der Waals surface area contributed by atoms with Gasteiger partial charge in [0.2, 0.25) is 0 Å². The molecule has 0 saturated carbocycles. The minimum Gasteiger partial charge on any atom is -0.308 e. The topological polar surface area (TPSA) is 84.2 Å². The number of para-hydroxylation sites is 1. The second-order valence-corrected chi connectivity index (χ2v) is 5.38. The summed E-state index contributed by atoms with van der Waals surface area (Å²) in [6, 6.07) is 20.2. The van der Waals surface area contributed by atoms with E-state index in [1.165, 1.54) is 0 Å². The van der Waals surface area contributed by atoms with Gasteiger partial charge in [0.05, 0.1) is 5.69 Å². The summed E-state index contributed by atoms with van der Waals surface area (Å²) in [4.78, 5) is 12.1. The Bertz CT molecular complexity index is 1030. The maximum absolute atomic E-state index is 12.1. The Hall–Kier alpha value is -3.74. The van der Waals surface area contributed by atoms with Crippen LogP contribution in [-0.2, 0) is 0 Å². The molecule has 0 unspecified atom stereocenters. The van der Waals surface area contributed by atoms with Gasteiger partial charge in [-0.25, -0.2) is 4.79 Å². The summed E-state index contributed by atoms with van der Waals surface area (Å²) in [5, 5.41) is 17.8. The minimum absolute atomic E-state index is 0.300. The lowest BCUT2D eigenvalue weighted by molar-refractivity contribution is 0.262.